The molecule has 0 unspecified atom stereocenters. The van der Waals surface area contributed by atoms with Crippen molar-refractivity contribution in [2.75, 3.05) is 25.2 Å². The Morgan fingerprint density at radius 2 is 2.15 bits per heavy atom. The number of carbonyl (C=O) groups excluding carboxylic acids is 1. The van der Waals surface area contributed by atoms with Crippen molar-refractivity contribution in [3.05, 3.63) is 53.1 Å². The number of fused-ring (bicyclic) bond motifs is 2. The van der Waals surface area contributed by atoms with E-state index in [1.54, 1.807) is 22.8 Å². The van der Waals surface area contributed by atoms with Crippen LogP contribution in [0.3, 0.4) is 0 Å². The first-order valence-electron chi connectivity index (χ1n) is 8.30. The minimum absolute atomic E-state index is 0.0850. The highest BCUT2D eigenvalue weighted by atomic mass is 32.2. The maximum absolute atomic E-state index is 12.0. The third kappa shape index (κ3) is 2.74. The van der Waals surface area contributed by atoms with Gasteiger partial charge in [0, 0.05) is 30.6 Å². The third-order valence-corrected chi connectivity index (χ3v) is 6.03. The maximum atomic E-state index is 12.0. The molecule has 140 valence electrons. The van der Waals surface area contributed by atoms with E-state index in [-0.39, 0.29) is 10.8 Å². The highest BCUT2D eigenvalue weighted by molar-refractivity contribution is 7.90. The number of hydrogen-bond donors (Lipinski definition) is 1. The zero-order chi connectivity index (χ0) is 19.3. The van der Waals surface area contributed by atoms with E-state index in [4.69, 9.17) is 4.74 Å². The lowest BCUT2D eigenvalue weighted by Crippen LogP contribution is -2.09. The van der Waals surface area contributed by atoms with Crippen LogP contribution in [-0.4, -0.2) is 48.9 Å². The van der Waals surface area contributed by atoms with Crippen LogP contribution in [0.5, 0.6) is 0 Å². The standard InChI is InChI=1S/C18H18N4O4S/c1-10-14(18(23)26-2)8-22-17(10)16(20-9-21-22)13-7-19-15-6-11(27(3,24)25)4-5-12(13)15/h4-6,8-9,13,19H,7H2,1-3H3/t13-/m0/s1. The van der Waals surface area contributed by atoms with E-state index >= 15 is 0 Å². The summed E-state index contributed by atoms with van der Waals surface area (Å²) >= 11 is 0. The number of esters is 1. The second-order valence-corrected chi connectivity index (χ2v) is 8.57. The summed E-state index contributed by atoms with van der Waals surface area (Å²) in [7, 11) is -1.94. The number of benzene rings is 1. The Balaban J connectivity index is 1.86. The number of nitrogens with zero attached hydrogens (tertiary/aromatic N) is 3. The number of rotatable bonds is 3. The number of sulfone groups is 1. The van der Waals surface area contributed by atoms with E-state index in [1.165, 1.54) is 19.7 Å². The molecule has 0 spiro atoms. The van der Waals surface area contributed by atoms with Gasteiger partial charge in [-0.3, -0.25) is 0 Å². The molecule has 1 aromatic carbocycles. The fourth-order valence-electron chi connectivity index (χ4n) is 3.55. The van der Waals surface area contributed by atoms with Gasteiger partial charge in [-0.15, -0.1) is 0 Å². The maximum Gasteiger partial charge on any atom is 0.339 e. The Morgan fingerprint density at radius 3 is 2.85 bits per heavy atom. The normalized spacial score (nSPS) is 16.2. The van der Waals surface area contributed by atoms with E-state index < -0.39 is 15.8 Å². The Kier molecular flexibility index (Phi) is 3.92. The Morgan fingerprint density at radius 1 is 1.37 bits per heavy atom. The van der Waals surface area contributed by atoms with Crippen LogP contribution in [0, 0.1) is 6.92 Å². The topological polar surface area (TPSA) is 103 Å². The Labute approximate surface area is 156 Å². The van der Waals surface area contributed by atoms with E-state index in [1.807, 2.05) is 13.0 Å². The second kappa shape index (κ2) is 6.05. The molecular weight excluding hydrogens is 368 g/mol. The summed E-state index contributed by atoms with van der Waals surface area (Å²) in [6, 6.07) is 5.07. The van der Waals surface area contributed by atoms with Gasteiger partial charge in [0.2, 0.25) is 0 Å². The van der Waals surface area contributed by atoms with Gasteiger partial charge in [-0.25, -0.2) is 22.7 Å². The Hall–Kier alpha value is -2.94. The fourth-order valence-corrected chi connectivity index (χ4v) is 4.20. The molecule has 0 saturated carbocycles. The summed E-state index contributed by atoms with van der Waals surface area (Å²) in [5.74, 6) is -0.509. The monoisotopic (exact) mass is 386 g/mol. The lowest BCUT2D eigenvalue weighted by molar-refractivity contribution is 0.0600. The van der Waals surface area contributed by atoms with Crippen molar-refractivity contribution in [3.8, 4) is 0 Å². The molecule has 0 bridgehead atoms. The summed E-state index contributed by atoms with van der Waals surface area (Å²) in [6.45, 7) is 2.41. The number of anilines is 1. The van der Waals surface area contributed by atoms with E-state index in [0.29, 0.717) is 12.1 Å². The molecule has 1 aliphatic heterocycles. The molecule has 0 fully saturated rings. The minimum atomic E-state index is -3.28. The molecule has 8 nitrogen and oxygen atoms in total. The van der Waals surface area contributed by atoms with Gasteiger partial charge in [0.25, 0.3) is 0 Å². The first kappa shape index (κ1) is 17.5. The number of nitrogens with one attached hydrogen (secondary N) is 1. The number of hydrogen-bond acceptors (Lipinski definition) is 7. The van der Waals surface area contributed by atoms with Gasteiger partial charge in [-0.05, 0) is 30.2 Å². The lowest BCUT2D eigenvalue weighted by atomic mass is 9.96. The predicted octanol–water partition coefficient (Wildman–Crippen LogP) is 1.79. The van der Waals surface area contributed by atoms with E-state index in [9.17, 15) is 13.2 Å². The molecule has 9 heteroatoms. The predicted molar refractivity (Wildman–Crippen MR) is 98.9 cm³/mol. The van der Waals surface area contributed by atoms with Crippen LogP contribution in [0.4, 0.5) is 5.69 Å². The zero-order valence-corrected chi connectivity index (χ0v) is 15.9. The smallest absolute Gasteiger partial charge is 0.339 e. The molecule has 1 aliphatic rings. The van der Waals surface area contributed by atoms with Gasteiger partial charge in [-0.2, -0.15) is 5.10 Å². The molecule has 4 rings (SSSR count). The number of aryl methyl sites for hydroxylation is 1. The van der Waals surface area contributed by atoms with Crippen LogP contribution < -0.4 is 5.32 Å². The Bertz CT molecular complexity index is 1180. The van der Waals surface area contributed by atoms with Crippen LogP contribution in [0.25, 0.3) is 5.52 Å². The summed E-state index contributed by atoms with van der Waals surface area (Å²) in [5.41, 5.74) is 4.46. The highest BCUT2D eigenvalue weighted by Crippen LogP contribution is 2.38. The number of methoxy groups -OCH3 is 1. The van der Waals surface area contributed by atoms with Gasteiger partial charge in [-0.1, -0.05) is 6.07 Å². The van der Waals surface area contributed by atoms with Crippen molar-refractivity contribution < 1.29 is 17.9 Å². The van der Waals surface area contributed by atoms with Crippen LogP contribution in [0.2, 0.25) is 0 Å². The summed E-state index contributed by atoms with van der Waals surface area (Å²) < 4.78 is 30.1. The van der Waals surface area contributed by atoms with Crippen molar-refractivity contribution >= 4 is 27.0 Å². The average Bonchev–Trinajstić information content (AvgIpc) is 3.21. The van der Waals surface area contributed by atoms with Gasteiger partial charge in [0.1, 0.15) is 6.33 Å². The number of ether oxygens (including phenoxy) is 1. The number of aromatic nitrogens is 3. The fraction of sp³-hybridized carbons (Fsp3) is 0.278. The molecule has 1 N–H and O–H groups in total. The second-order valence-electron chi connectivity index (χ2n) is 6.55. The van der Waals surface area contributed by atoms with E-state index in [2.05, 4.69) is 15.4 Å². The van der Waals surface area contributed by atoms with Crippen molar-refractivity contribution in [1.29, 1.82) is 0 Å². The van der Waals surface area contributed by atoms with Crippen molar-refractivity contribution in [1.82, 2.24) is 14.6 Å². The number of carbonyl (C=O) groups is 1. The largest absolute Gasteiger partial charge is 0.465 e. The van der Waals surface area contributed by atoms with Gasteiger partial charge in [0.15, 0.2) is 9.84 Å². The van der Waals surface area contributed by atoms with Crippen molar-refractivity contribution in [2.45, 2.75) is 17.7 Å². The van der Waals surface area contributed by atoms with Crippen LogP contribution in [0.15, 0.2) is 35.6 Å². The van der Waals surface area contributed by atoms with E-state index in [0.717, 1.165) is 28.0 Å². The molecule has 3 aromatic rings. The molecule has 2 aromatic heterocycles. The van der Waals surface area contributed by atoms with Crippen molar-refractivity contribution in [3.63, 3.8) is 0 Å². The molecule has 0 aliphatic carbocycles. The molecule has 27 heavy (non-hydrogen) atoms. The van der Waals surface area contributed by atoms with Crippen LogP contribution >= 0.6 is 0 Å². The van der Waals surface area contributed by atoms with Crippen LogP contribution in [-0.2, 0) is 14.6 Å². The molecule has 0 radical (unpaired) electrons. The lowest BCUT2D eigenvalue weighted by Gasteiger charge is -2.12. The average molecular weight is 386 g/mol. The SMILES string of the molecule is COC(=O)c1cn2ncnc([C@H]3CNc4cc(S(C)(=O)=O)ccc43)c2c1C. The van der Waals surface area contributed by atoms with Gasteiger partial charge < -0.3 is 10.1 Å². The molecular formula is C18H18N4O4S. The van der Waals surface area contributed by atoms with Gasteiger partial charge >= 0.3 is 5.97 Å². The quantitative estimate of drug-likeness (QED) is 0.685. The molecule has 0 saturated heterocycles. The van der Waals surface area contributed by atoms with Crippen molar-refractivity contribution in [2.24, 2.45) is 0 Å². The van der Waals surface area contributed by atoms with Crippen LogP contribution in [0.1, 0.15) is 33.1 Å². The summed E-state index contributed by atoms with van der Waals surface area (Å²) in [6.07, 6.45) is 4.27. The third-order valence-electron chi connectivity index (χ3n) is 4.92. The molecule has 0 amide bonds. The summed E-state index contributed by atoms with van der Waals surface area (Å²) in [5, 5.41) is 7.47. The highest BCUT2D eigenvalue weighted by Gasteiger charge is 2.29. The molecule has 1 atom stereocenters. The zero-order valence-electron chi connectivity index (χ0n) is 15.1. The minimum Gasteiger partial charge on any atom is -0.465 e. The van der Waals surface area contributed by atoms with Gasteiger partial charge in [0.05, 0.1) is 28.8 Å². The first-order chi connectivity index (χ1) is 12.8. The molecule has 3 heterocycles. The summed E-state index contributed by atoms with van der Waals surface area (Å²) in [4.78, 5) is 16.8. The first-order valence-corrected chi connectivity index (χ1v) is 10.2.